The van der Waals surface area contributed by atoms with E-state index in [2.05, 4.69) is 5.32 Å². The third kappa shape index (κ3) is 5.15. The van der Waals surface area contributed by atoms with Gasteiger partial charge in [-0.05, 0) is 45.4 Å². The van der Waals surface area contributed by atoms with E-state index in [0.29, 0.717) is 5.56 Å². The summed E-state index contributed by atoms with van der Waals surface area (Å²) < 4.78 is 20.5. The first kappa shape index (κ1) is 26.6. The molecular formula is C22H25Cl2NO8. The van der Waals surface area contributed by atoms with Crippen LogP contribution in [0.25, 0.3) is 0 Å². The average molecular weight is 502 g/mol. The minimum absolute atomic E-state index is 0.0294. The molecule has 0 saturated heterocycles. The van der Waals surface area contributed by atoms with Crippen molar-refractivity contribution in [2.45, 2.75) is 39.3 Å². The fourth-order valence-corrected chi connectivity index (χ4v) is 3.73. The quantitative estimate of drug-likeness (QED) is 0.309. The van der Waals surface area contributed by atoms with Crippen molar-refractivity contribution < 1.29 is 38.1 Å². The van der Waals surface area contributed by atoms with Gasteiger partial charge in [-0.3, -0.25) is 5.32 Å². The van der Waals surface area contributed by atoms with Gasteiger partial charge in [0, 0.05) is 0 Å². The third-order valence-electron chi connectivity index (χ3n) is 4.71. The molecule has 1 aromatic carbocycles. The Balaban J connectivity index is 2.91. The Bertz CT molecular complexity index is 957. The van der Waals surface area contributed by atoms with Gasteiger partial charge in [0.05, 0.1) is 53.7 Å². The van der Waals surface area contributed by atoms with E-state index in [-0.39, 0.29) is 42.0 Å². The van der Waals surface area contributed by atoms with Gasteiger partial charge >= 0.3 is 23.9 Å². The third-order valence-corrected chi connectivity index (χ3v) is 5.45. The summed E-state index contributed by atoms with van der Waals surface area (Å²) in [6, 6.07) is 3.27. The number of ether oxygens (including phenoxy) is 4. The predicted molar refractivity (Wildman–Crippen MR) is 119 cm³/mol. The molecule has 0 radical (unpaired) electrons. The molecule has 0 aromatic heterocycles. The highest BCUT2D eigenvalue weighted by molar-refractivity contribution is 6.42. The second-order valence-electron chi connectivity index (χ2n) is 6.67. The number of carbonyl (C=O) groups excluding carboxylic acids is 4. The number of esters is 4. The second-order valence-corrected chi connectivity index (χ2v) is 7.49. The summed E-state index contributed by atoms with van der Waals surface area (Å²) in [6.07, 6.45) is 0. The van der Waals surface area contributed by atoms with E-state index in [9.17, 15) is 19.2 Å². The smallest absolute Gasteiger partial charge is 0.343 e. The van der Waals surface area contributed by atoms with E-state index in [1.54, 1.807) is 6.92 Å². The van der Waals surface area contributed by atoms with E-state index < -0.39 is 41.0 Å². The first-order chi connectivity index (χ1) is 15.7. The summed E-state index contributed by atoms with van der Waals surface area (Å²) in [5, 5.41) is 3.19. The fourth-order valence-electron chi connectivity index (χ4n) is 3.43. The molecule has 180 valence electrons. The molecule has 1 aliphatic heterocycles. The number of carbonyl (C=O) groups is 4. The molecule has 1 unspecified atom stereocenters. The highest BCUT2D eigenvalue weighted by atomic mass is 35.5. The van der Waals surface area contributed by atoms with Crippen molar-refractivity contribution in [1.29, 1.82) is 0 Å². The Kier molecular flexibility index (Phi) is 9.27. The van der Waals surface area contributed by atoms with Crippen LogP contribution in [0.15, 0.2) is 29.3 Å². The van der Waals surface area contributed by atoms with Crippen LogP contribution >= 0.6 is 23.2 Å². The Labute approximate surface area is 201 Å². The van der Waals surface area contributed by atoms with Gasteiger partial charge in [-0.15, -0.1) is 0 Å². The predicted octanol–water partition coefficient (Wildman–Crippen LogP) is 2.93. The Hall–Kier alpha value is -2.62. The van der Waals surface area contributed by atoms with Crippen LogP contribution in [0.1, 0.15) is 39.3 Å². The summed E-state index contributed by atoms with van der Waals surface area (Å²) >= 11 is 12.2. The summed E-state index contributed by atoms with van der Waals surface area (Å²) in [7, 11) is 0. The van der Waals surface area contributed by atoms with Crippen LogP contribution in [-0.4, -0.2) is 55.8 Å². The molecule has 0 aliphatic carbocycles. The van der Waals surface area contributed by atoms with Crippen LogP contribution in [0.3, 0.4) is 0 Å². The lowest BCUT2D eigenvalue weighted by atomic mass is 9.88. The van der Waals surface area contributed by atoms with Gasteiger partial charge in [-0.25, -0.2) is 19.2 Å². The van der Waals surface area contributed by atoms with Crippen molar-refractivity contribution in [3.05, 3.63) is 45.0 Å². The largest absolute Gasteiger partial charge is 0.464 e. The molecule has 1 N–H and O–H groups in total. The van der Waals surface area contributed by atoms with Crippen LogP contribution in [0, 0.1) is 0 Å². The molecule has 0 saturated carbocycles. The number of hydrogen-bond donors (Lipinski definition) is 1. The molecule has 9 nitrogen and oxygen atoms in total. The zero-order valence-corrected chi connectivity index (χ0v) is 20.2. The first-order valence-corrected chi connectivity index (χ1v) is 11.1. The van der Waals surface area contributed by atoms with Gasteiger partial charge in [0.15, 0.2) is 0 Å². The Morgan fingerprint density at radius 1 is 0.818 bits per heavy atom. The molecule has 33 heavy (non-hydrogen) atoms. The molecule has 0 fully saturated rings. The number of hydrogen-bond acceptors (Lipinski definition) is 9. The van der Waals surface area contributed by atoms with Crippen LogP contribution in [0.4, 0.5) is 0 Å². The summed E-state index contributed by atoms with van der Waals surface area (Å²) in [5.74, 6) is -4.26. The van der Waals surface area contributed by atoms with E-state index in [0.717, 1.165) is 0 Å². The molecule has 0 amide bonds. The van der Waals surface area contributed by atoms with Crippen LogP contribution in [0.5, 0.6) is 0 Å². The summed E-state index contributed by atoms with van der Waals surface area (Å²) in [4.78, 5) is 52.6. The monoisotopic (exact) mass is 501 g/mol. The average Bonchev–Trinajstić information content (AvgIpc) is 3.14. The van der Waals surface area contributed by atoms with Crippen molar-refractivity contribution in [2.24, 2.45) is 0 Å². The fraction of sp³-hybridized carbons (Fsp3) is 0.455. The van der Waals surface area contributed by atoms with Gasteiger partial charge in [0.2, 0.25) is 5.54 Å². The maximum Gasteiger partial charge on any atom is 0.343 e. The van der Waals surface area contributed by atoms with Crippen LogP contribution in [0.2, 0.25) is 10.0 Å². The molecule has 11 heteroatoms. The minimum atomic E-state index is -2.48. The SMILES string of the molecule is CCOC(=O)C1=C(C(=O)OCC)C(C(=O)OCC)(C(=O)OCC)NC1c1ccc(Cl)c(Cl)c1. The molecule has 1 aliphatic rings. The highest BCUT2D eigenvalue weighted by Crippen LogP contribution is 2.42. The molecule has 0 bridgehead atoms. The molecule has 2 rings (SSSR count). The van der Waals surface area contributed by atoms with Gasteiger partial charge in [0.25, 0.3) is 0 Å². The minimum Gasteiger partial charge on any atom is -0.464 e. The van der Waals surface area contributed by atoms with Crippen molar-refractivity contribution in [2.75, 3.05) is 26.4 Å². The standard InChI is InChI=1S/C22H25Cl2NO8/c1-5-30-18(26)15-16(19(27)31-6-2)22(20(28)32-7-3,21(29)33-8-4)25-17(15)12-9-10-13(23)14(24)11-12/h9-11,17,25H,5-8H2,1-4H3. The second kappa shape index (κ2) is 11.5. The van der Waals surface area contributed by atoms with E-state index in [4.69, 9.17) is 42.1 Å². The zero-order valence-electron chi connectivity index (χ0n) is 18.7. The molecule has 0 spiro atoms. The molecule has 1 aromatic rings. The van der Waals surface area contributed by atoms with Crippen LogP contribution in [-0.2, 0) is 38.1 Å². The summed E-state index contributed by atoms with van der Waals surface area (Å²) in [6.45, 7) is 5.84. The first-order valence-electron chi connectivity index (χ1n) is 10.3. The van der Waals surface area contributed by atoms with Crippen molar-refractivity contribution in [3.8, 4) is 0 Å². The number of benzene rings is 1. The topological polar surface area (TPSA) is 117 Å². The molecule has 1 heterocycles. The highest BCUT2D eigenvalue weighted by Gasteiger charge is 2.63. The van der Waals surface area contributed by atoms with E-state index in [1.165, 1.54) is 39.0 Å². The Morgan fingerprint density at radius 3 is 1.82 bits per heavy atom. The summed E-state index contributed by atoms with van der Waals surface area (Å²) in [5.41, 5.74) is -2.99. The lowest BCUT2D eigenvalue weighted by molar-refractivity contribution is -0.165. The van der Waals surface area contributed by atoms with E-state index >= 15 is 0 Å². The van der Waals surface area contributed by atoms with Crippen LogP contribution < -0.4 is 5.32 Å². The van der Waals surface area contributed by atoms with Crippen molar-refractivity contribution in [3.63, 3.8) is 0 Å². The van der Waals surface area contributed by atoms with E-state index in [1.807, 2.05) is 0 Å². The van der Waals surface area contributed by atoms with Gasteiger partial charge in [0.1, 0.15) is 0 Å². The number of rotatable bonds is 9. The Morgan fingerprint density at radius 2 is 1.33 bits per heavy atom. The number of nitrogens with one attached hydrogen (secondary N) is 1. The zero-order chi connectivity index (χ0) is 24.8. The number of halogens is 2. The molecule has 1 atom stereocenters. The van der Waals surface area contributed by atoms with Gasteiger partial charge in [-0.2, -0.15) is 0 Å². The van der Waals surface area contributed by atoms with Crippen molar-refractivity contribution in [1.82, 2.24) is 5.32 Å². The van der Waals surface area contributed by atoms with Gasteiger partial charge in [-0.1, -0.05) is 29.3 Å². The maximum absolute atomic E-state index is 13.2. The lowest BCUT2D eigenvalue weighted by Crippen LogP contribution is -2.60. The van der Waals surface area contributed by atoms with Crippen molar-refractivity contribution >= 4 is 47.1 Å². The lowest BCUT2D eigenvalue weighted by Gasteiger charge is -2.28. The normalized spacial score (nSPS) is 16.8. The maximum atomic E-state index is 13.2. The molecular weight excluding hydrogens is 477 g/mol. The van der Waals surface area contributed by atoms with Gasteiger partial charge < -0.3 is 18.9 Å².